The summed E-state index contributed by atoms with van der Waals surface area (Å²) in [6.45, 7) is 1.35. The minimum atomic E-state index is -0.887. The van der Waals surface area contributed by atoms with Crippen molar-refractivity contribution in [1.29, 1.82) is 0 Å². The molecule has 2 amide bonds. The number of phenols is 1. The lowest BCUT2D eigenvalue weighted by molar-refractivity contribution is -0.139. The summed E-state index contributed by atoms with van der Waals surface area (Å²) in [6, 6.07) is 12.5. The molecule has 1 aliphatic rings. The molecule has 0 atom stereocenters. The van der Waals surface area contributed by atoms with Gasteiger partial charge in [-0.15, -0.1) is 0 Å². The molecule has 3 rings (SSSR count). The van der Waals surface area contributed by atoms with E-state index in [-0.39, 0.29) is 42.9 Å². The van der Waals surface area contributed by atoms with Crippen molar-refractivity contribution in [2.24, 2.45) is 5.41 Å². The van der Waals surface area contributed by atoms with Gasteiger partial charge in [0.15, 0.2) is 0 Å². The Balaban J connectivity index is 1.74. The molecule has 6 nitrogen and oxygen atoms in total. The van der Waals surface area contributed by atoms with Crippen molar-refractivity contribution in [1.82, 2.24) is 10.2 Å². The average Bonchev–Trinajstić information content (AvgIpc) is 2.68. The standard InChI is InChI=1S/C22H25FN2O4/c1-29-11-5-10-24-21(28)22(13-17-6-2-3-9-19(17)23)14-25(15-22)20(27)16-7-4-8-18(26)12-16/h2-4,6-9,12,26H,5,10-11,13-15H2,1H3,(H,24,28). The van der Waals surface area contributed by atoms with Crippen LogP contribution >= 0.6 is 0 Å². The normalized spacial score (nSPS) is 14.9. The van der Waals surface area contributed by atoms with Gasteiger partial charge in [-0.05, 0) is 42.7 Å². The molecule has 0 radical (unpaired) electrons. The number of hydrogen-bond acceptors (Lipinski definition) is 4. The van der Waals surface area contributed by atoms with Gasteiger partial charge in [-0.2, -0.15) is 0 Å². The molecule has 0 aliphatic carbocycles. The highest BCUT2D eigenvalue weighted by atomic mass is 19.1. The first-order valence-electron chi connectivity index (χ1n) is 9.54. The number of methoxy groups -OCH3 is 1. The van der Waals surface area contributed by atoms with Crippen molar-refractivity contribution in [3.05, 3.63) is 65.5 Å². The zero-order valence-electron chi connectivity index (χ0n) is 16.4. The van der Waals surface area contributed by atoms with Gasteiger partial charge in [0, 0.05) is 38.9 Å². The highest BCUT2D eigenvalue weighted by molar-refractivity contribution is 5.97. The van der Waals surface area contributed by atoms with Gasteiger partial charge in [-0.3, -0.25) is 9.59 Å². The molecule has 0 unspecified atom stereocenters. The van der Waals surface area contributed by atoms with E-state index in [0.29, 0.717) is 30.7 Å². The van der Waals surface area contributed by atoms with Gasteiger partial charge in [0.2, 0.25) is 5.91 Å². The molecule has 1 saturated heterocycles. The Labute approximate surface area is 169 Å². The van der Waals surface area contributed by atoms with E-state index in [2.05, 4.69) is 5.32 Å². The van der Waals surface area contributed by atoms with E-state index in [4.69, 9.17) is 4.74 Å². The first-order chi connectivity index (χ1) is 13.9. The van der Waals surface area contributed by atoms with Crippen LogP contribution in [0.5, 0.6) is 5.75 Å². The Hall–Kier alpha value is -2.93. The number of carbonyl (C=O) groups excluding carboxylic acids is 2. The third-order valence-electron chi connectivity index (χ3n) is 5.15. The third kappa shape index (κ3) is 4.74. The number of rotatable bonds is 8. The molecule has 2 aromatic carbocycles. The molecule has 2 N–H and O–H groups in total. The van der Waals surface area contributed by atoms with Crippen LogP contribution in [0.4, 0.5) is 4.39 Å². The Morgan fingerprint density at radius 2 is 1.97 bits per heavy atom. The van der Waals surface area contributed by atoms with E-state index in [1.54, 1.807) is 42.3 Å². The van der Waals surface area contributed by atoms with E-state index in [9.17, 15) is 19.1 Å². The fraction of sp³-hybridized carbons (Fsp3) is 0.364. The highest BCUT2D eigenvalue weighted by Gasteiger charge is 2.51. The van der Waals surface area contributed by atoms with Crippen LogP contribution in [-0.2, 0) is 16.0 Å². The fourth-order valence-electron chi connectivity index (χ4n) is 3.60. The smallest absolute Gasteiger partial charge is 0.254 e. The van der Waals surface area contributed by atoms with Crippen molar-refractivity contribution in [3.63, 3.8) is 0 Å². The second-order valence-corrected chi connectivity index (χ2v) is 7.36. The number of likely N-dealkylation sites (tertiary alicyclic amines) is 1. The fourth-order valence-corrected chi connectivity index (χ4v) is 3.60. The quantitative estimate of drug-likeness (QED) is 0.667. The number of nitrogens with one attached hydrogen (secondary N) is 1. The zero-order valence-corrected chi connectivity index (χ0v) is 16.4. The van der Waals surface area contributed by atoms with Gasteiger partial charge >= 0.3 is 0 Å². The summed E-state index contributed by atoms with van der Waals surface area (Å²) in [5.74, 6) is -0.823. The molecule has 1 aliphatic heterocycles. The summed E-state index contributed by atoms with van der Waals surface area (Å²) in [5, 5.41) is 12.5. The lowest BCUT2D eigenvalue weighted by Gasteiger charge is -2.49. The van der Waals surface area contributed by atoms with Crippen LogP contribution in [0.1, 0.15) is 22.3 Å². The predicted molar refractivity (Wildman–Crippen MR) is 106 cm³/mol. The Bertz CT molecular complexity index is 881. The van der Waals surface area contributed by atoms with Crippen molar-refractivity contribution >= 4 is 11.8 Å². The topological polar surface area (TPSA) is 78.9 Å². The Kier molecular flexibility index (Phi) is 6.49. The van der Waals surface area contributed by atoms with Gasteiger partial charge in [0.25, 0.3) is 5.91 Å². The molecule has 2 aromatic rings. The number of ether oxygens (including phenoxy) is 1. The zero-order chi connectivity index (χ0) is 20.9. The Morgan fingerprint density at radius 1 is 1.21 bits per heavy atom. The maximum Gasteiger partial charge on any atom is 0.254 e. The number of nitrogens with zero attached hydrogens (tertiary/aromatic N) is 1. The van der Waals surface area contributed by atoms with Gasteiger partial charge in [0.05, 0.1) is 5.41 Å². The van der Waals surface area contributed by atoms with E-state index in [0.717, 1.165) is 0 Å². The van der Waals surface area contributed by atoms with Crippen LogP contribution in [0.2, 0.25) is 0 Å². The molecule has 0 bridgehead atoms. The van der Waals surface area contributed by atoms with Crippen LogP contribution in [0.3, 0.4) is 0 Å². The van der Waals surface area contributed by atoms with E-state index in [1.165, 1.54) is 18.2 Å². The minimum Gasteiger partial charge on any atom is -0.508 e. The predicted octanol–water partition coefficient (Wildman–Crippen LogP) is 2.37. The van der Waals surface area contributed by atoms with Crippen molar-refractivity contribution in [2.45, 2.75) is 12.8 Å². The van der Waals surface area contributed by atoms with Gasteiger partial charge < -0.3 is 20.1 Å². The summed E-state index contributed by atoms with van der Waals surface area (Å²) in [4.78, 5) is 27.2. The summed E-state index contributed by atoms with van der Waals surface area (Å²) in [5.41, 5.74) is -0.0872. The van der Waals surface area contributed by atoms with Crippen molar-refractivity contribution in [2.75, 3.05) is 33.4 Å². The third-order valence-corrected chi connectivity index (χ3v) is 5.15. The summed E-state index contributed by atoms with van der Waals surface area (Å²) in [6.07, 6.45) is 0.879. The highest BCUT2D eigenvalue weighted by Crippen LogP contribution is 2.36. The molecular weight excluding hydrogens is 375 g/mol. The van der Waals surface area contributed by atoms with Gasteiger partial charge in [-0.25, -0.2) is 4.39 Å². The molecule has 7 heteroatoms. The lowest BCUT2D eigenvalue weighted by atomic mass is 9.73. The molecule has 154 valence electrons. The molecular formula is C22H25FN2O4. The van der Waals surface area contributed by atoms with E-state index < -0.39 is 5.41 Å². The number of carbonyl (C=O) groups is 2. The summed E-state index contributed by atoms with van der Waals surface area (Å²) in [7, 11) is 1.60. The summed E-state index contributed by atoms with van der Waals surface area (Å²) < 4.78 is 19.2. The molecule has 1 fully saturated rings. The second-order valence-electron chi connectivity index (χ2n) is 7.36. The van der Waals surface area contributed by atoms with Crippen molar-refractivity contribution in [3.8, 4) is 5.75 Å². The number of halogens is 1. The number of aromatic hydroxyl groups is 1. The van der Waals surface area contributed by atoms with Crippen LogP contribution < -0.4 is 5.32 Å². The van der Waals surface area contributed by atoms with Crippen LogP contribution in [0.25, 0.3) is 0 Å². The monoisotopic (exact) mass is 400 g/mol. The maximum atomic E-state index is 14.2. The van der Waals surface area contributed by atoms with Crippen LogP contribution in [-0.4, -0.2) is 55.2 Å². The minimum absolute atomic E-state index is 0.00452. The first kappa shape index (κ1) is 20.8. The van der Waals surface area contributed by atoms with Crippen molar-refractivity contribution < 1.29 is 23.8 Å². The molecule has 29 heavy (non-hydrogen) atoms. The number of benzene rings is 2. The van der Waals surface area contributed by atoms with Gasteiger partial charge in [-0.1, -0.05) is 24.3 Å². The van der Waals surface area contributed by atoms with Crippen LogP contribution in [0.15, 0.2) is 48.5 Å². The summed E-state index contributed by atoms with van der Waals surface area (Å²) >= 11 is 0. The first-order valence-corrected chi connectivity index (χ1v) is 9.54. The Morgan fingerprint density at radius 3 is 2.66 bits per heavy atom. The SMILES string of the molecule is COCCCNC(=O)C1(Cc2ccccc2F)CN(C(=O)c2cccc(O)c2)C1. The van der Waals surface area contributed by atoms with Crippen LogP contribution in [0, 0.1) is 11.2 Å². The molecule has 0 aromatic heterocycles. The van der Waals surface area contributed by atoms with Gasteiger partial charge in [0.1, 0.15) is 11.6 Å². The number of amides is 2. The lowest BCUT2D eigenvalue weighted by Crippen LogP contribution is -2.65. The molecule has 1 heterocycles. The maximum absolute atomic E-state index is 14.2. The van der Waals surface area contributed by atoms with E-state index >= 15 is 0 Å². The largest absolute Gasteiger partial charge is 0.508 e. The number of phenolic OH excluding ortho intramolecular Hbond substituents is 1. The van der Waals surface area contributed by atoms with E-state index in [1.807, 2.05) is 0 Å². The second kappa shape index (κ2) is 9.05. The number of hydrogen-bond donors (Lipinski definition) is 2. The molecule has 0 saturated carbocycles. The molecule has 0 spiro atoms. The average molecular weight is 400 g/mol.